The molecule has 1 aromatic rings. The van der Waals surface area contributed by atoms with E-state index in [1.54, 1.807) is 17.4 Å². The van der Waals surface area contributed by atoms with E-state index in [1.165, 1.54) is 13.2 Å². The van der Waals surface area contributed by atoms with Crippen molar-refractivity contribution in [2.75, 3.05) is 7.11 Å². The number of hydrogen-bond acceptors (Lipinski definition) is 2. The maximum atomic E-state index is 12.0. The van der Waals surface area contributed by atoms with Crippen molar-refractivity contribution in [3.63, 3.8) is 0 Å². The zero-order valence-electron chi connectivity index (χ0n) is 8.77. The molecule has 0 bridgehead atoms. The lowest BCUT2D eigenvalue weighted by Gasteiger charge is -2.12. The smallest absolute Gasteiger partial charge is 0.471 e. The summed E-state index contributed by atoms with van der Waals surface area (Å²) in [5.41, 5.74) is 0.300. The van der Waals surface area contributed by atoms with Crippen molar-refractivity contribution in [2.45, 2.75) is 12.7 Å². The zero-order chi connectivity index (χ0) is 13.1. The van der Waals surface area contributed by atoms with Crippen molar-refractivity contribution < 1.29 is 22.7 Å². The van der Waals surface area contributed by atoms with Crippen LogP contribution in [-0.4, -0.2) is 19.2 Å². The molecule has 1 aromatic carbocycles. The Morgan fingerprint density at radius 1 is 1.47 bits per heavy atom. The van der Waals surface area contributed by atoms with Gasteiger partial charge in [-0.15, -0.1) is 0 Å². The molecule has 0 atom stereocenters. The average Bonchev–Trinajstić information content (AvgIpc) is 2.25. The van der Waals surface area contributed by atoms with Gasteiger partial charge < -0.3 is 10.1 Å². The summed E-state index contributed by atoms with van der Waals surface area (Å²) in [5, 5.41) is 1.95. The van der Waals surface area contributed by atoms with Gasteiger partial charge >= 0.3 is 12.1 Å². The van der Waals surface area contributed by atoms with Gasteiger partial charge in [-0.3, -0.25) is 4.79 Å². The summed E-state index contributed by atoms with van der Waals surface area (Å²) in [4.78, 5) is 10.6. The topological polar surface area (TPSA) is 38.3 Å². The van der Waals surface area contributed by atoms with Gasteiger partial charge in [0, 0.05) is 17.1 Å². The van der Waals surface area contributed by atoms with Crippen molar-refractivity contribution in [1.29, 1.82) is 0 Å². The van der Waals surface area contributed by atoms with E-state index in [0.29, 0.717) is 11.3 Å². The van der Waals surface area contributed by atoms with Gasteiger partial charge in [0.15, 0.2) is 0 Å². The number of alkyl halides is 3. The van der Waals surface area contributed by atoms with Crippen LogP contribution in [0.25, 0.3) is 0 Å². The van der Waals surface area contributed by atoms with Gasteiger partial charge in [-0.05, 0) is 12.1 Å². The van der Waals surface area contributed by atoms with Gasteiger partial charge in [-0.25, -0.2) is 0 Å². The maximum absolute atomic E-state index is 12.0. The fourth-order valence-electron chi connectivity index (χ4n) is 1.17. The molecule has 94 valence electrons. The Bertz CT molecular complexity index is 421. The molecule has 1 N–H and O–H groups in total. The van der Waals surface area contributed by atoms with Crippen LogP contribution in [0.5, 0.6) is 5.75 Å². The van der Waals surface area contributed by atoms with Crippen LogP contribution in [0.1, 0.15) is 5.56 Å². The first-order valence-corrected chi connectivity index (χ1v) is 4.90. The van der Waals surface area contributed by atoms with E-state index in [2.05, 4.69) is 0 Å². The highest BCUT2D eigenvalue weighted by Crippen LogP contribution is 2.26. The van der Waals surface area contributed by atoms with Crippen molar-refractivity contribution in [3.8, 4) is 5.75 Å². The summed E-state index contributed by atoms with van der Waals surface area (Å²) in [7, 11) is 1.36. The van der Waals surface area contributed by atoms with Crippen LogP contribution in [-0.2, 0) is 11.3 Å². The van der Waals surface area contributed by atoms with E-state index in [4.69, 9.17) is 16.3 Å². The predicted octanol–water partition coefficient (Wildman–Crippen LogP) is 2.53. The van der Waals surface area contributed by atoms with Crippen LogP contribution in [0, 0.1) is 0 Å². The number of rotatable bonds is 3. The number of methoxy groups -OCH3 is 1. The van der Waals surface area contributed by atoms with Crippen LogP contribution in [0.3, 0.4) is 0 Å². The minimum absolute atomic E-state index is 0.229. The first-order chi connectivity index (χ1) is 7.86. The summed E-state index contributed by atoms with van der Waals surface area (Å²) in [6, 6.07) is 4.64. The SMILES string of the molecule is COc1cccc(Cl)c1CNC(=O)C(F)(F)F. The highest BCUT2D eigenvalue weighted by atomic mass is 35.5. The van der Waals surface area contributed by atoms with Crippen LogP contribution in [0.15, 0.2) is 18.2 Å². The lowest BCUT2D eigenvalue weighted by atomic mass is 10.2. The Labute approximate surface area is 101 Å². The van der Waals surface area contributed by atoms with E-state index in [9.17, 15) is 18.0 Å². The van der Waals surface area contributed by atoms with Crippen LogP contribution >= 0.6 is 11.6 Å². The maximum Gasteiger partial charge on any atom is 0.471 e. The molecule has 3 nitrogen and oxygen atoms in total. The minimum Gasteiger partial charge on any atom is -0.496 e. The zero-order valence-corrected chi connectivity index (χ0v) is 9.52. The number of amides is 1. The first kappa shape index (κ1) is 13.6. The first-order valence-electron chi connectivity index (χ1n) is 4.52. The molecule has 0 heterocycles. The van der Waals surface area contributed by atoms with E-state index < -0.39 is 12.1 Å². The summed E-state index contributed by atoms with van der Waals surface area (Å²) in [5.74, 6) is -1.69. The summed E-state index contributed by atoms with van der Waals surface area (Å²) in [6.07, 6.45) is -4.91. The predicted molar refractivity (Wildman–Crippen MR) is 55.9 cm³/mol. The van der Waals surface area contributed by atoms with Crippen LogP contribution < -0.4 is 10.1 Å². The Balaban J connectivity index is 2.79. The second-order valence-corrected chi connectivity index (χ2v) is 3.51. The van der Waals surface area contributed by atoms with E-state index in [-0.39, 0.29) is 11.6 Å². The number of carbonyl (C=O) groups excluding carboxylic acids is 1. The molecule has 0 aliphatic heterocycles. The van der Waals surface area contributed by atoms with E-state index in [0.717, 1.165) is 0 Å². The normalized spacial score (nSPS) is 11.1. The lowest BCUT2D eigenvalue weighted by molar-refractivity contribution is -0.173. The second kappa shape index (κ2) is 5.27. The fraction of sp³-hybridized carbons (Fsp3) is 0.300. The van der Waals surface area contributed by atoms with Crippen LogP contribution in [0.2, 0.25) is 5.02 Å². The molecule has 1 amide bonds. The fourth-order valence-corrected chi connectivity index (χ4v) is 1.40. The van der Waals surface area contributed by atoms with Gasteiger partial charge in [0.25, 0.3) is 0 Å². The number of hydrogen-bond donors (Lipinski definition) is 1. The highest BCUT2D eigenvalue weighted by molar-refractivity contribution is 6.31. The number of ether oxygens (including phenoxy) is 1. The molecule has 0 saturated carbocycles. The third kappa shape index (κ3) is 3.52. The molecule has 0 saturated heterocycles. The van der Waals surface area contributed by atoms with Gasteiger partial charge in [0.1, 0.15) is 5.75 Å². The molecule has 1 rings (SSSR count). The van der Waals surface area contributed by atoms with Crippen molar-refractivity contribution >= 4 is 17.5 Å². The standard InChI is InChI=1S/C10H9ClF3NO2/c1-17-8-4-2-3-7(11)6(8)5-15-9(16)10(12,13)14/h2-4H,5H2,1H3,(H,15,16). The van der Waals surface area contributed by atoms with Gasteiger partial charge in [-0.1, -0.05) is 17.7 Å². The van der Waals surface area contributed by atoms with Gasteiger partial charge in [0.05, 0.1) is 7.11 Å². The van der Waals surface area contributed by atoms with Gasteiger partial charge in [-0.2, -0.15) is 13.2 Å². The quantitative estimate of drug-likeness (QED) is 0.914. The average molecular weight is 268 g/mol. The highest BCUT2D eigenvalue weighted by Gasteiger charge is 2.38. The third-order valence-electron chi connectivity index (χ3n) is 1.98. The number of halogens is 4. The van der Waals surface area contributed by atoms with E-state index in [1.807, 2.05) is 0 Å². The van der Waals surface area contributed by atoms with Crippen molar-refractivity contribution in [2.24, 2.45) is 0 Å². The number of benzene rings is 1. The lowest BCUT2D eigenvalue weighted by Crippen LogP contribution is -2.36. The number of nitrogens with one attached hydrogen (secondary N) is 1. The third-order valence-corrected chi connectivity index (χ3v) is 2.33. The second-order valence-electron chi connectivity index (χ2n) is 3.10. The molecule has 0 unspecified atom stereocenters. The number of carbonyl (C=O) groups is 1. The summed E-state index contributed by atoms with van der Waals surface area (Å²) in [6.45, 7) is -0.346. The van der Waals surface area contributed by atoms with E-state index >= 15 is 0 Å². The molecule has 0 fully saturated rings. The summed E-state index contributed by atoms with van der Waals surface area (Å²) < 4.78 is 40.8. The molecule has 0 spiro atoms. The minimum atomic E-state index is -4.91. The van der Waals surface area contributed by atoms with Crippen LogP contribution in [0.4, 0.5) is 13.2 Å². The molecular formula is C10H9ClF3NO2. The Kier molecular flexibility index (Phi) is 4.22. The Morgan fingerprint density at radius 3 is 2.65 bits per heavy atom. The molecule has 0 radical (unpaired) electrons. The molecule has 0 aromatic heterocycles. The Hall–Kier alpha value is -1.43. The molecule has 7 heteroatoms. The van der Waals surface area contributed by atoms with Crippen molar-refractivity contribution in [1.82, 2.24) is 5.32 Å². The molecule has 0 aliphatic carbocycles. The Morgan fingerprint density at radius 2 is 2.12 bits per heavy atom. The molecular weight excluding hydrogens is 259 g/mol. The van der Waals surface area contributed by atoms with Crippen molar-refractivity contribution in [3.05, 3.63) is 28.8 Å². The molecule has 0 aliphatic rings. The molecule has 17 heavy (non-hydrogen) atoms. The largest absolute Gasteiger partial charge is 0.496 e. The monoisotopic (exact) mass is 267 g/mol. The summed E-state index contributed by atoms with van der Waals surface area (Å²) >= 11 is 5.79. The van der Waals surface area contributed by atoms with Gasteiger partial charge in [0.2, 0.25) is 0 Å².